The van der Waals surface area contributed by atoms with Crippen molar-refractivity contribution in [1.29, 1.82) is 0 Å². The Morgan fingerprint density at radius 3 is 2.57 bits per heavy atom. The molecule has 2 rings (SSSR count). The summed E-state index contributed by atoms with van der Waals surface area (Å²) in [5.41, 5.74) is 1.25. The lowest BCUT2D eigenvalue weighted by Crippen LogP contribution is -1.92. The molecule has 0 aliphatic heterocycles. The highest BCUT2D eigenvalue weighted by atomic mass is 16.5. The molecule has 1 saturated carbocycles. The van der Waals surface area contributed by atoms with E-state index in [1.165, 1.54) is 31.2 Å². The molecule has 0 saturated heterocycles. The molecule has 0 aromatic heterocycles. The maximum Gasteiger partial charge on any atom is 0.160 e. The van der Waals surface area contributed by atoms with Crippen LogP contribution in [0.1, 0.15) is 37.2 Å². The minimum absolute atomic E-state index is 0.261. The zero-order valence-corrected chi connectivity index (χ0v) is 8.49. The van der Waals surface area contributed by atoms with Crippen molar-refractivity contribution < 1.29 is 9.84 Å². The van der Waals surface area contributed by atoms with Gasteiger partial charge in [0.05, 0.1) is 7.11 Å². The quantitative estimate of drug-likeness (QED) is 0.780. The first-order chi connectivity index (χ1) is 6.81. The zero-order chi connectivity index (χ0) is 9.97. The molecule has 0 amide bonds. The zero-order valence-electron chi connectivity index (χ0n) is 8.49. The average Bonchev–Trinajstić information content (AvgIpc) is 2.70. The molecular weight excluding hydrogens is 176 g/mol. The van der Waals surface area contributed by atoms with E-state index in [-0.39, 0.29) is 5.75 Å². The van der Waals surface area contributed by atoms with Crippen molar-refractivity contribution in [2.24, 2.45) is 0 Å². The molecule has 14 heavy (non-hydrogen) atoms. The first-order valence-electron chi connectivity index (χ1n) is 5.18. The third-order valence-corrected chi connectivity index (χ3v) is 3.03. The standard InChI is InChI=1S/C12H16O2/c1-14-12-7-6-10(8-11(12)13)9-4-2-3-5-9/h6-9,13H,2-5H2,1H3. The van der Waals surface area contributed by atoms with Crippen molar-refractivity contribution in [3.63, 3.8) is 0 Å². The van der Waals surface area contributed by atoms with Gasteiger partial charge in [-0.1, -0.05) is 18.9 Å². The van der Waals surface area contributed by atoms with E-state index < -0.39 is 0 Å². The van der Waals surface area contributed by atoms with Crippen LogP contribution in [-0.2, 0) is 0 Å². The number of aromatic hydroxyl groups is 1. The highest BCUT2D eigenvalue weighted by molar-refractivity contribution is 5.42. The first-order valence-corrected chi connectivity index (χ1v) is 5.18. The molecule has 0 bridgehead atoms. The lowest BCUT2D eigenvalue weighted by atomic mass is 9.97. The van der Waals surface area contributed by atoms with Crippen molar-refractivity contribution in [1.82, 2.24) is 0 Å². The average molecular weight is 192 g/mol. The largest absolute Gasteiger partial charge is 0.504 e. The van der Waals surface area contributed by atoms with Crippen LogP contribution in [0, 0.1) is 0 Å². The van der Waals surface area contributed by atoms with Crippen LogP contribution in [0.3, 0.4) is 0 Å². The van der Waals surface area contributed by atoms with E-state index in [1.807, 2.05) is 12.1 Å². The Balaban J connectivity index is 2.23. The SMILES string of the molecule is COc1ccc(C2CCCC2)cc1O. The Labute approximate surface area is 84.5 Å². The molecule has 1 aliphatic carbocycles. The van der Waals surface area contributed by atoms with Gasteiger partial charge in [0.15, 0.2) is 11.5 Å². The summed E-state index contributed by atoms with van der Waals surface area (Å²) >= 11 is 0. The van der Waals surface area contributed by atoms with Crippen LogP contribution in [0.2, 0.25) is 0 Å². The van der Waals surface area contributed by atoms with E-state index in [1.54, 1.807) is 7.11 Å². The second-order valence-corrected chi connectivity index (χ2v) is 3.91. The van der Waals surface area contributed by atoms with Crippen molar-refractivity contribution in [3.05, 3.63) is 23.8 Å². The summed E-state index contributed by atoms with van der Waals surface area (Å²) in [7, 11) is 1.57. The van der Waals surface area contributed by atoms with Crippen molar-refractivity contribution in [2.75, 3.05) is 7.11 Å². The number of benzene rings is 1. The Bertz CT molecular complexity index is 314. The van der Waals surface area contributed by atoms with Gasteiger partial charge in [0.1, 0.15) is 0 Å². The Morgan fingerprint density at radius 2 is 2.00 bits per heavy atom. The van der Waals surface area contributed by atoms with E-state index in [9.17, 15) is 5.11 Å². The minimum Gasteiger partial charge on any atom is -0.504 e. The Kier molecular flexibility index (Phi) is 2.62. The number of hydrogen-bond acceptors (Lipinski definition) is 2. The summed E-state index contributed by atoms with van der Waals surface area (Å²) in [5, 5.41) is 9.63. The van der Waals surface area contributed by atoms with Gasteiger partial charge in [-0.3, -0.25) is 0 Å². The molecular formula is C12H16O2. The summed E-state index contributed by atoms with van der Waals surface area (Å²) < 4.78 is 5.01. The molecule has 2 heteroatoms. The number of hydrogen-bond donors (Lipinski definition) is 1. The highest BCUT2D eigenvalue weighted by Gasteiger charge is 2.17. The van der Waals surface area contributed by atoms with Crippen molar-refractivity contribution in [2.45, 2.75) is 31.6 Å². The maximum absolute atomic E-state index is 9.63. The second kappa shape index (κ2) is 3.91. The molecule has 0 spiro atoms. The van der Waals surface area contributed by atoms with E-state index in [2.05, 4.69) is 6.07 Å². The molecule has 1 fully saturated rings. The fourth-order valence-electron chi connectivity index (χ4n) is 2.22. The highest BCUT2D eigenvalue weighted by Crippen LogP contribution is 2.37. The van der Waals surface area contributed by atoms with Crippen LogP contribution >= 0.6 is 0 Å². The van der Waals surface area contributed by atoms with Crippen LogP contribution < -0.4 is 4.74 Å². The molecule has 76 valence electrons. The molecule has 0 radical (unpaired) electrons. The first kappa shape index (κ1) is 9.38. The summed E-state index contributed by atoms with van der Waals surface area (Å²) in [5.74, 6) is 1.47. The molecule has 1 aromatic rings. The number of phenols is 1. The number of rotatable bonds is 2. The molecule has 1 aromatic carbocycles. The lowest BCUT2D eigenvalue weighted by Gasteiger charge is -2.11. The second-order valence-electron chi connectivity index (χ2n) is 3.91. The predicted molar refractivity (Wildman–Crippen MR) is 55.9 cm³/mol. The van der Waals surface area contributed by atoms with E-state index in [0.717, 1.165) is 0 Å². The van der Waals surface area contributed by atoms with Crippen LogP contribution in [-0.4, -0.2) is 12.2 Å². The van der Waals surface area contributed by atoms with Gasteiger partial charge in [0.2, 0.25) is 0 Å². The van der Waals surface area contributed by atoms with Crippen molar-refractivity contribution in [3.8, 4) is 11.5 Å². The van der Waals surface area contributed by atoms with E-state index in [0.29, 0.717) is 11.7 Å². The normalized spacial score (nSPS) is 17.2. The molecule has 0 atom stereocenters. The van der Waals surface area contributed by atoms with Gasteiger partial charge in [-0.05, 0) is 36.5 Å². The van der Waals surface area contributed by atoms with Crippen LogP contribution in [0.15, 0.2) is 18.2 Å². The van der Waals surface area contributed by atoms with Gasteiger partial charge in [-0.15, -0.1) is 0 Å². The van der Waals surface area contributed by atoms with E-state index >= 15 is 0 Å². The molecule has 0 heterocycles. The van der Waals surface area contributed by atoms with Gasteiger partial charge in [0, 0.05) is 0 Å². The monoisotopic (exact) mass is 192 g/mol. The van der Waals surface area contributed by atoms with Gasteiger partial charge in [-0.25, -0.2) is 0 Å². The number of methoxy groups -OCH3 is 1. The van der Waals surface area contributed by atoms with E-state index in [4.69, 9.17) is 4.74 Å². The fraction of sp³-hybridized carbons (Fsp3) is 0.500. The van der Waals surface area contributed by atoms with Gasteiger partial charge >= 0.3 is 0 Å². The van der Waals surface area contributed by atoms with Gasteiger partial charge < -0.3 is 9.84 Å². The third-order valence-electron chi connectivity index (χ3n) is 3.03. The van der Waals surface area contributed by atoms with Crippen LogP contribution in [0.4, 0.5) is 0 Å². The Hall–Kier alpha value is -1.18. The van der Waals surface area contributed by atoms with Crippen molar-refractivity contribution >= 4 is 0 Å². The van der Waals surface area contributed by atoms with Gasteiger partial charge in [0.25, 0.3) is 0 Å². The number of phenolic OH excluding ortho intramolecular Hbond substituents is 1. The third kappa shape index (κ3) is 1.69. The lowest BCUT2D eigenvalue weighted by molar-refractivity contribution is 0.372. The topological polar surface area (TPSA) is 29.5 Å². The summed E-state index contributed by atoms with van der Waals surface area (Å²) in [6.45, 7) is 0. The molecule has 2 nitrogen and oxygen atoms in total. The maximum atomic E-state index is 9.63. The smallest absolute Gasteiger partial charge is 0.160 e. The van der Waals surface area contributed by atoms with Crippen LogP contribution in [0.25, 0.3) is 0 Å². The minimum atomic E-state index is 0.261. The summed E-state index contributed by atoms with van der Waals surface area (Å²) in [4.78, 5) is 0. The fourth-order valence-corrected chi connectivity index (χ4v) is 2.22. The number of ether oxygens (including phenoxy) is 1. The Morgan fingerprint density at radius 1 is 1.29 bits per heavy atom. The molecule has 1 N–H and O–H groups in total. The predicted octanol–water partition coefficient (Wildman–Crippen LogP) is 3.06. The molecule has 0 unspecified atom stereocenters. The molecule has 1 aliphatic rings. The summed E-state index contributed by atoms with van der Waals surface area (Å²) in [6.07, 6.45) is 5.15. The summed E-state index contributed by atoms with van der Waals surface area (Å²) in [6, 6.07) is 5.76. The van der Waals surface area contributed by atoms with Gasteiger partial charge in [-0.2, -0.15) is 0 Å². The van der Waals surface area contributed by atoms with Crippen LogP contribution in [0.5, 0.6) is 11.5 Å².